The average molecular weight is 492 g/mol. The third kappa shape index (κ3) is 4.99. The van der Waals surface area contributed by atoms with Crippen molar-refractivity contribution >= 4 is 22.8 Å². The maximum atomic E-state index is 13.9. The molecule has 35 heavy (non-hydrogen) atoms. The summed E-state index contributed by atoms with van der Waals surface area (Å²) >= 11 is 0. The van der Waals surface area contributed by atoms with E-state index in [9.17, 15) is 17.6 Å². The van der Waals surface area contributed by atoms with Crippen LogP contribution < -0.4 is 10.5 Å². The van der Waals surface area contributed by atoms with Gasteiger partial charge in [-0.25, -0.2) is 8.78 Å². The number of anilines is 1. The molecule has 1 saturated heterocycles. The standard InChI is InChI=1S/C25H29F4N5O/c1-15-9-22(35-2)19(18-5-6-32-23(15)18)12-34-8-7-33(14-25(28,29)24(26)27)13-21(34)16-3-4-20(31)17(10-16)11-30/h3-6,9-11,21,24,30,32H,7-8,12-14,31H2,1-2H3. The Morgan fingerprint density at radius 1 is 1.26 bits per heavy atom. The van der Waals surface area contributed by atoms with Gasteiger partial charge >= 0.3 is 12.3 Å². The van der Waals surface area contributed by atoms with E-state index in [1.165, 1.54) is 4.90 Å². The molecule has 0 amide bonds. The van der Waals surface area contributed by atoms with E-state index in [1.54, 1.807) is 25.3 Å². The number of aromatic amines is 1. The van der Waals surface area contributed by atoms with Crippen LogP contribution in [0.15, 0.2) is 36.5 Å². The summed E-state index contributed by atoms with van der Waals surface area (Å²) in [5.41, 5.74) is 10.7. The first-order chi connectivity index (χ1) is 16.6. The van der Waals surface area contributed by atoms with Crippen LogP contribution in [0.1, 0.15) is 28.3 Å². The van der Waals surface area contributed by atoms with Crippen LogP contribution in [0, 0.1) is 12.3 Å². The Morgan fingerprint density at radius 3 is 2.71 bits per heavy atom. The van der Waals surface area contributed by atoms with Crippen molar-refractivity contribution in [3.63, 3.8) is 0 Å². The fraction of sp³-hybridized carbons (Fsp3) is 0.400. The largest absolute Gasteiger partial charge is 0.496 e. The van der Waals surface area contributed by atoms with Crippen molar-refractivity contribution in [1.29, 1.82) is 5.41 Å². The van der Waals surface area contributed by atoms with Crippen LogP contribution in [0.5, 0.6) is 5.75 Å². The topological polar surface area (TPSA) is 81.4 Å². The average Bonchev–Trinajstić information content (AvgIpc) is 3.32. The van der Waals surface area contributed by atoms with E-state index in [0.717, 1.165) is 39.6 Å². The first-order valence-electron chi connectivity index (χ1n) is 11.3. The van der Waals surface area contributed by atoms with Gasteiger partial charge in [0.25, 0.3) is 0 Å². The summed E-state index contributed by atoms with van der Waals surface area (Å²) < 4.78 is 59.2. The summed E-state index contributed by atoms with van der Waals surface area (Å²) in [4.78, 5) is 6.76. The van der Waals surface area contributed by atoms with E-state index in [1.807, 2.05) is 25.3 Å². The molecule has 2 heterocycles. The summed E-state index contributed by atoms with van der Waals surface area (Å²) in [6, 6.07) is 8.79. The Kier molecular flexibility index (Phi) is 7.05. The minimum absolute atomic E-state index is 0.133. The number of rotatable bonds is 8. The smallest absolute Gasteiger partial charge is 0.319 e. The van der Waals surface area contributed by atoms with Gasteiger partial charge in [-0.15, -0.1) is 0 Å². The molecule has 0 bridgehead atoms. The summed E-state index contributed by atoms with van der Waals surface area (Å²) in [7, 11) is 1.61. The molecule has 4 N–H and O–H groups in total. The van der Waals surface area contributed by atoms with Crippen molar-refractivity contribution in [3.8, 4) is 5.75 Å². The third-order valence-corrected chi connectivity index (χ3v) is 6.67. The zero-order chi connectivity index (χ0) is 25.3. The Morgan fingerprint density at radius 2 is 2.03 bits per heavy atom. The predicted octanol–water partition coefficient (Wildman–Crippen LogP) is 4.82. The van der Waals surface area contributed by atoms with Gasteiger partial charge in [0, 0.05) is 72.3 Å². The molecule has 6 nitrogen and oxygen atoms in total. The van der Waals surface area contributed by atoms with Crippen molar-refractivity contribution in [2.45, 2.75) is 31.9 Å². The van der Waals surface area contributed by atoms with E-state index >= 15 is 0 Å². The lowest BCUT2D eigenvalue weighted by atomic mass is 9.97. The summed E-state index contributed by atoms with van der Waals surface area (Å²) in [5, 5.41) is 8.65. The van der Waals surface area contributed by atoms with Gasteiger partial charge in [0.15, 0.2) is 0 Å². The van der Waals surface area contributed by atoms with Crippen molar-refractivity contribution in [2.24, 2.45) is 0 Å². The molecule has 1 aromatic heterocycles. The number of aryl methyl sites for hydroxylation is 1. The number of aromatic nitrogens is 1. The molecule has 1 unspecified atom stereocenters. The van der Waals surface area contributed by atoms with Crippen LogP contribution in [-0.2, 0) is 6.54 Å². The highest BCUT2D eigenvalue weighted by Crippen LogP contribution is 2.36. The molecule has 0 spiro atoms. The van der Waals surface area contributed by atoms with Crippen LogP contribution in [-0.4, -0.2) is 66.6 Å². The first kappa shape index (κ1) is 25.0. The maximum absolute atomic E-state index is 13.9. The molecule has 4 rings (SSSR count). The number of nitrogens with zero attached hydrogens (tertiary/aromatic N) is 2. The zero-order valence-electron chi connectivity index (χ0n) is 19.6. The second-order valence-corrected chi connectivity index (χ2v) is 8.96. The minimum atomic E-state index is -4.09. The minimum Gasteiger partial charge on any atom is -0.496 e. The van der Waals surface area contributed by atoms with E-state index in [4.69, 9.17) is 15.9 Å². The fourth-order valence-electron chi connectivity index (χ4n) is 4.80. The molecular formula is C25H29F4N5O. The second-order valence-electron chi connectivity index (χ2n) is 8.96. The lowest BCUT2D eigenvalue weighted by molar-refractivity contribution is -0.147. The van der Waals surface area contributed by atoms with Gasteiger partial charge < -0.3 is 20.9 Å². The number of piperazine rings is 1. The number of benzene rings is 2. The maximum Gasteiger partial charge on any atom is 0.319 e. The van der Waals surface area contributed by atoms with Crippen molar-refractivity contribution < 1.29 is 22.3 Å². The molecule has 2 aromatic carbocycles. The Hall–Kier alpha value is -3.11. The van der Waals surface area contributed by atoms with E-state index in [2.05, 4.69) is 9.88 Å². The summed E-state index contributed by atoms with van der Waals surface area (Å²) in [6.07, 6.45) is -0.724. The highest BCUT2D eigenvalue weighted by Gasteiger charge is 2.44. The van der Waals surface area contributed by atoms with E-state index in [-0.39, 0.29) is 19.1 Å². The van der Waals surface area contributed by atoms with Gasteiger partial charge in [-0.2, -0.15) is 8.78 Å². The lowest BCUT2D eigenvalue weighted by Gasteiger charge is -2.43. The molecule has 0 saturated carbocycles. The first-order valence-corrected chi connectivity index (χ1v) is 11.3. The quantitative estimate of drug-likeness (QED) is 0.240. The number of alkyl halides is 4. The molecule has 0 radical (unpaired) electrons. The molecule has 1 aliphatic rings. The monoisotopic (exact) mass is 491 g/mol. The number of nitrogens with two attached hydrogens (primary N) is 1. The van der Waals surface area contributed by atoms with E-state index in [0.29, 0.717) is 24.3 Å². The molecule has 0 aliphatic carbocycles. The number of methoxy groups -OCH3 is 1. The second kappa shape index (κ2) is 9.87. The number of H-pyrrole nitrogens is 1. The molecule has 188 valence electrons. The zero-order valence-corrected chi connectivity index (χ0v) is 19.6. The fourth-order valence-corrected chi connectivity index (χ4v) is 4.80. The molecule has 3 aromatic rings. The summed E-state index contributed by atoms with van der Waals surface area (Å²) in [5.74, 6) is -3.37. The molecule has 1 atom stereocenters. The van der Waals surface area contributed by atoms with Crippen LogP contribution in [0.4, 0.5) is 23.2 Å². The van der Waals surface area contributed by atoms with Gasteiger partial charge in [-0.3, -0.25) is 9.80 Å². The van der Waals surface area contributed by atoms with Crippen molar-refractivity contribution in [3.05, 3.63) is 58.8 Å². The lowest BCUT2D eigenvalue weighted by Crippen LogP contribution is -2.52. The summed E-state index contributed by atoms with van der Waals surface area (Å²) in [6.45, 7) is 2.17. The van der Waals surface area contributed by atoms with Crippen LogP contribution in [0.25, 0.3) is 10.9 Å². The van der Waals surface area contributed by atoms with E-state index < -0.39 is 18.9 Å². The normalized spacial score (nSPS) is 17.9. The van der Waals surface area contributed by atoms with Gasteiger partial charge in [-0.05, 0) is 42.3 Å². The Labute approximate surface area is 201 Å². The van der Waals surface area contributed by atoms with Gasteiger partial charge in [0.05, 0.1) is 13.7 Å². The van der Waals surface area contributed by atoms with Gasteiger partial charge in [-0.1, -0.05) is 6.07 Å². The Bertz CT molecular complexity index is 1210. The number of ether oxygens (including phenoxy) is 1. The molecule has 1 fully saturated rings. The van der Waals surface area contributed by atoms with Crippen LogP contribution in [0.2, 0.25) is 0 Å². The third-order valence-electron chi connectivity index (χ3n) is 6.67. The van der Waals surface area contributed by atoms with Crippen LogP contribution >= 0.6 is 0 Å². The number of nitrogens with one attached hydrogen (secondary N) is 2. The highest BCUT2D eigenvalue weighted by molar-refractivity contribution is 5.88. The SMILES string of the molecule is COc1cc(C)c2[nH]ccc2c1CN1CCN(CC(F)(F)C(F)F)CC1c1ccc(N)c(C=N)c1. The van der Waals surface area contributed by atoms with Crippen LogP contribution in [0.3, 0.4) is 0 Å². The molecular weight excluding hydrogens is 462 g/mol. The number of fused-ring (bicyclic) bond motifs is 1. The Balaban J connectivity index is 1.71. The molecule has 10 heteroatoms. The number of hydrogen-bond acceptors (Lipinski definition) is 5. The van der Waals surface area contributed by atoms with Gasteiger partial charge in [0.2, 0.25) is 0 Å². The predicted molar refractivity (Wildman–Crippen MR) is 129 cm³/mol. The number of halogens is 4. The van der Waals surface area contributed by atoms with Gasteiger partial charge in [0.1, 0.15) is 5.75 Å². The van der Waals surface area contributed by atoms with Crippen molar-refractivity contribution in [2.75, 3.05) is 39.0 Å². The number of hydrogen-bond donors (Lipinski definition) is 3. The molecule has 1 aliphatic heterocycles. The number of nitrogen functional groups attached to an aromatic ring is 1. The highest BCUT2D eigenvalue weighted by atomic mass is 19.3. The van der Waals surface area contributed by atoms with Crippen molar-refractivity contribution in [1.82, 2.24) is 14.8 Å².